The molecule has 2 heterocycles. The Hall–Kier alpha value is -2.47. The molecule has 134 valence electrons. The van der Waals surface area contributed by atoms with Gasteiger partial charge < -0.3 is 13.9 Å². The number of thioether (sulfide) groups is 1. The molecule has 0 saturated carbocycles. The highest BCUT2D eigenvalue weighted by Gasteiger charge is 2.17. The van der Waals surface area contributed by atoms with Crippen molar-refractivity contribution in [2.75, 3.05) is 6.79 Å². The highest BCUT2D eigenvalue weighted by Crippen LogP contribution is 2.36. The number of hydrogen-bond acceptors (Lipinski definition) is 6. The first-order valence-electron chi connectivity index (χ1n) is 8.45. The van der Waals surface area contributed by atoms with Crippen molar-refractivity contribution in [2.24, 2.45) is 0 Å². The number of benzene rings is 2. The summed E-state index contributed by atoms with van der Waals surface area (Å²) in [6, 6.07) is 14.3. The Kier molecular flexibility index (Phi) is 4.36. The zero-order chi connectivity index (χ0) is 18.1. The maximum absolute atomic E-state index is 5.77. The summed E-state index contributed by atoms with van der Waals surface area (Å²) in [4.78, 5) is 0. The van der Waals surface area contributed by atoms with Crippen LogP contribution < -0.4 is 9.47 Å². The molecule has 1 aliphatic heterocycles. The number of aromatic nitrogens is 2. The van der Waals surface area contributed by atoms with Gasteiger partial charge in [-0.2, -0.15) is 0 Å². The molecule has 1 aliphatic rings. The van der Waals surface area contributed by atoms with Gasteiger partial charge in [-0.05, 0) is 34.7 Å². The Bertz CT molecular complexity index is 914. The molecule has 5 nitrogen and oxygen atoms in total. The van der Waals surface area contributed by atoms with Crippen LogP contribution in [-0.4, -0.2) is 17.0 Å². The van der Waals surface area contributed by atoms with Crippen LogP contribution in [0.25, 0.3) is 11.5 Å². The van der Waals surface area contributed by atoms with E-state index in [1.54, 1.807) is 0 Å². The zero-order valence-electron chi connectivity index (χ0n) is 15.0. The molecule has 4 rings (SSSR count). The molecule has 6 heteroatoms. The van der Waals surface area contributed by atoms with Gasteiger partial charge in [-0.25, -0.2) is 0 Å². The van der Waals surface area contributed by atoms with Crippen LogP contribution in [0.2, 0.25) is 0 Å². The fourth-order valence-corrected chi connectivity index (χ4v) is 3.38. The van der Waals surface area contributed by atoms with Gasteiger partial charge in [0.15, 0.2) is 11.5 Å². The molecule has 2 aromatic carbocycles. The average Bonchev–Trinajstić information content (AvgIpc) is 3.28. The maximum atomic E-state index is 5.77. The molecule has 0 fully saturated rings. The lowest BCUT2D eigenvalue weighted by Gasteiger charge is -2.19. The van der Waals surface area contributed by atoms with Gasteiger partial charge in [-0.3, -0.25) is 0 Å². The fourth-order valence-electron chi connectivity index (χ4n) is 2.66. The molecule has 0 spiro atoms. The Labute approximate surface area is 156 Å². The van der Waals surface area contributed by atoms with Gasteiger partial charge in [-0.15, -0.1) is 10.2 Å². The summed E-state index contributed by atoms with van der Waals surface area (Å²) in [6.45, 7) is 6.89. The van der Waals surface area contributed by atoms with Crippen LogP contribution in [0.15, 0.2) is 52.1 Å². The third-order valence-electron chi connectivity index (χ3n) is 4.21. The average molecular weight is 368 g/mol. The second-order valence-corrected chi connectivity index (χ2v) is 8.10. The van der Waals surface area contributed by atoms with Gasteiger partial charge in [0.05, 0.1) is 0 Å². The minimum absolute atomic E-state index is 0.164. The molecule has 0 atom stereocenters. The van der Waals surface area contributed by atoms with E-state index in [1.807, 2.05) is 18.2 Å². The summed E-state index contributed by atoms with van der Waals surface area (Å²) in [5, 5.41) is 8.82. The quantitative estimate of drug-likeness (QED) is 0.600. The summed E-state index contributed by atoms with van der Waals surface area (Å²) in [5.74, 6) is 2.71. The van der Waals surface area contributed by atoms with Gasteiger partial charge in [0.1, 0.15) is 0 Å². The van der Waals surface area contributed by atoms with E-state index in [4.69, 9.17) is 13.9 Å². The Morgan fingerprint density at radius 3 is 2.50 bits per heavy atom. The van der Waals surface area contributed by atoms with Crippen molar-refractivity contribution in [2.45, 2.75) is 37.2 Å². The third-order valence-corrected chi connectivity index (χ3v) is 5.10. The molecule has 0 N–H and O–H groups in total. The standard InChI is InChI=1S/C20H20N2O3S/c1-20(2,3)15-7-4-13(5-8-15)11-26-19-22-21-18(25-19)14-6-9-16-17(10-14)24-12-23-16/h4-10H,11-12H2,1-3H3. The van der Waals surface area contributed by atoms with Crippen molar-refractivity contribution in [1.29, 1.82) is 0 Å². The van der Waals surface area contributed by atoms with Gasteiger partial charge >= 0.3 is 0 Å². The van der Waals surface area contributed by atoms with E-state index in [0.717, 1.165) is 17.1 Å². The molecule has 0 amide bonds. The number of hydrogen-bond donors (Lipinski definition) is 0. The van der Waals surface area contributed by atoms with E-state index in [0.29, 0.717) is 16.9 Å². The number of fused-ring (bicyclic) bond motifs is 1. The number of nitrogens with zero attached hydrogens (tertiary/aromatic N) is 2. The predicted octanol–water partition coefficient (Wildman–Crippen LogP) is 5.06. The lowest BCUT2D eigenvalue weighted by atomic mass is 9.87. The smallest absolute Gasteiger partial charge is 0.277 e. The monoisotopic (exact) mass is 368 g/mol. The SMILES string of the molecule is CC(C)(C)c1ccc(CSc2nnc(-c3ccc4c(c3)OCO4)o2)cc1. The molecule has 3 aromatic rings. The lowest BCUT2D eigenvalue weighted by molar-refractivity contribution is 0.174. The molecule has 1 aromatic heterocycles. The summed E-state index contributed by atoms with van der Waals surface area (Å²) in [7, 11) is 0. The minimum atomic E-state index is 0.164. The van der Waals surface area contributed by atoms with E-state index in [9.17, 15) is 0 Å². The first kappa shape index (κ1) is 17.0. The molecular formula is C20H20N2O3S. The van der Waals surface area contributed by atoms with Crippen LogP contribution in [-0.2, 0) is 11.2 Å². The summed E-state index contributed by atoms with van der Waals surface area (Å²) < 4.78 is 16.5. The Balaban J connectivity index is 1.42. The highest BCUT2D eigenvalue weighted by molar-refractivity contribution is 7.98. The van der Waals surface area contributed by atoms with Gasteiger partial charge in [0, 0.05) is 11.3 Å². The largest absolute Gasteiger partial charge is 0.454 e. The molecular weight excluding hydrogens is 348 g/mol. The van der Waals surface area contributed by atoms with Crippen LogP contribution in [0.4, 0.5) is 0 Å². The van der Waals surface area contributed by atoms with E-state index in [2.05, 4.69) is 55.2 Å². The van der Waals surface area contributed by atoms with Crippen LogP contribution in [0, 0.1) is 0 Å². The fraction of sp³-hybridized carbons (Fsp3) is 0.300. The van der Waals surface area contributed by atoms with E-state index < -0.39 is 0 Å². The summed E-state index contributed by atoms with van der Waals surface area (Å²) in [5.41, 5.74) is 3.54. The predicted molar refractivity (Wildman–Crippen MR) is 101 cm³/mol. The highest BCUT2D eigenvalue weighted by atomic mass is 32.2. The topological polar surface area (TPSA) is 57.4 Å². The second kappa shape index (κ2) is 6.68. The molecule has 0 saturated heterocycles. The molecule has 0 bridgehead atoms. The summed E-state index contributed by atoms with van der Waals surface area (Å²) >= 11 is 1.53. The van der Waals surface area contributed by atoms with E-state index >= 15 is 0 Å². The van der Waals surface area contributed by atoms with E-state index in [1.165, 1.54) is 22.9 Å². The van der Waals surface area contributed by atoms with Crippen molar-refractivity contribution in [3.63, 3.8) is 0 Å². The Morgan fingerprint density at radius 2 is 1.73 bits per heavy atom. The maximum Gasteiger partial charge on any atom is 0.277 e. The Morgan fingerprint density at radius 1 is 0.962 bits per heavy atom. The van der Waals surface area contributed by atoms with Crippen molar-refractivity contribution in [1.82, 2.24) is 10.2 Å². The van der Waals surface area contributed by atoms with Crippen molar-refractivity contribution in [3.05, 3.63) is 53.6 Å². The van der Waals surface area contributed by atoms with Gasteiger partial charge in [0.2, 0.25) is 12.7 Å². The van der Waals surface area contributed by atoms with Crippen molar-refractivity contribution >= 4 is 11.8 Å². The third kappa shape index (κ3) is 3.55. The lowest BCUT2D eigenvalue weighted by Crippen LogP contribution is -2.10. The zero-order valence-corrected chi connectivity index (χ0v) is 15.8. The second-order valence-electron chi connectivity index (χ2n) is 7.18. The normalized spacial score (nSPS) is 13.2. The molecule has 0 radical (unpaired) electrons. The van der Waals surface area contributed by atoms with E-state index in [-0.39, 0.29) is 12.2 Å². The first-order valence-corrected chi connectivity index (χ1v) is 9.43. The van der Waals surface area contributed by atoms with Gasteiger partial charge in [-0.1, -0.05) is 56.8 Å². The van der Waals surface area contributed by atoms with Crippen LogP contribution in [0.1, 0.15) is 31.9 Å². The molecule has 0 aliphatic carbocycles. The van der Waals surface area contributed by atoms with Crippen LogP contribution >= 0.6 is 11.8 Å². The van der Waals surface area contributed by atoms with Crippen LogP contribution in [0.3, 0.4) is 0 Å². The molecule has 0 unspecified atom stereocenters. The number of rotatable bonds is 4. The van der Waals surface area contributed by atoms with Gasteiger partial charge in [0.25, 0.3) is 5.22 Å². The van der Waals surface area contributed by atoms with Crippen LogP contribution in [0.5, 0.6) is 11.5 Å². The summed E-state index contributed by atoms with van der Waals surface area (Å²) in [6.07, 6.45) is 0. The number of ether oxygens (including phenoxy) is 2. The minimum Gasteiger partial charge on any atom is -0.454 e. The first-order chi connectivity index (χ1) is 12.5. The van der Waals surface area contributed by atoms with Crippen molar-refractivity contribution in [3.8, 4) is 23.0 Å². The van der Waals surface area contributed by atoms with Crippen molar-refractivity contribution < 1.29 is 13.9 Å². The molecule has 26 heavy (non-hydrogen) atoms.